The molecule has 0 atom stereocenters. The molecule has 0 radical (unpaired) electrons. The molecule has 1 aromatic carbocycles. The molecule has 0 fully saturated rings. The monoisotopic (exact) mass is 332 g/mol. The van der Waals surface area contributed by atoms with E-state index < -0.39 is 0 Å². The zero-order valence-electron chi connectivity index (χ0n) is 10.3. The van der Waals surface area contributed by atoms with Gasteiger partial charge in [0.05, 0.1) is 15.7 Å². The summed E-state index contributed by atoms with van der Waals surface area (Å²) in [6, 6.07) is 8.69. The van der Waals surface area contributed by atoms with Crippen molar-refractivity contribution >= 4 is 21.7 Å². The molecule has 0 aliphatic carbocycles. The molecule has 2 heterocycles. The van der Waals surface area contributed by atoms with Crippen LogP contribution in [0.4, 0.5) is 10.2 Å². The Morgan fingerprint density at radius 1 is 1.15 bits per heavy atom. The number of nitrogens with zero attached hydrogens (tertiary/aromatic N) is 2. The average Bonchev–Trinajstić information content (AvgIpc) is 2.84. The van der Waals surface area contributed by atoms with Crippen molar-refractivity contribution in [2.75, 3.05) is 5.73 Å². The molecule has 0 aliphatic rings. The molecule has 0 bridgehead atoms. The lowest BCUT2D eigenvalue weighted by atomic mass is 10.0. The third kappa shape index (κ3) is 2.08. The van der Waals surface area contributed by atoms with Crippen molar-refractivity contribution in [2.45, 2.75) is 0 Å². The highest BCUT2D eigenvalue weighted by Crippen LogP contribution is 2.36. The minimum Gasteiger partial charge on any atom is -0.382 e. The first-order valence-corrected chi connectivity index (χ1v) is 6.66. The van der Waals surface area contributed by atoms with Crippen LogP contribution in [0.2, 0.25) is 0 Å². The number of pyridine rings is 1. The van der Waals surface area contributed by atoms with Gasteiger partial charge in [0, 0.05) is 18.0 Å². The van der Waals surface area contributed by atoms with Crippen LogP contribution in [-0.2, 0) is 0 Å². The van der Waals surface area contributed by atoms with E-state index in [1.165, 1.54) is 0 Å². The quantitative estimate of drug-likeness (QED) is 0.753. The van der Waals surface area contributed by atoms with Gasteiger partial charge in [-0.15, -0.1) is 0 Å². The van der Waals surface area contributed by atoms with Crippen molar-refractivity contribution in [3.8, 4) is 22.4 Å². The summed E-state index contributed by atoms with van der Waals surface area (Å²) in [7, 11) is 0. The second-order valence-corrected chi connectivity index (χ2v) is 5.05. The Balaban J connectivity index is 2.24. The van der Waals surface area contributed by atoms with Gasteiger partial charge in [-0.05, 0) is 45.8 Å². The fourth-order valence-corrected chi connectivity index (χ4v) is 2.42. The zero-order valence-corrected chi connectivity index (χ0v) is 11.9. The SMILES string of the molecule is Nc1n[nH]c(-c2cccc(Br)c2F)c1-c1ccncc1. The molecule has 3 rings (SSSR count). The van der Waals surface area contributed by atoms with Crippen molar-refractivity contribution in [3.05, 3.63) is 53.0 Å². The molecule has 0 aliphatic heterocycles. The van der Waals surface area contributed by atoms with E-state index in [9.17, 15) is 4.39 Å². The van der Waals surface area contributed by atoms with E-state index in [-0.39, 0.29) is 5.82 Å². The maximum absolute atomic E-state index is 14.2. The number of hydrogen-bond donors (Lipinski definition) is 2. The molecule has 3 aromatic rings. The van der Waals surface area contributed by atoms with Crippen molar-refractivity contribution in [2.24, 2.45) is 0 Å². The second-order valence-electron chi connectivity index (χ2n) is 4.20. The first-order chi connectivity index (χ1) is 9.68. The second kappa shape index (κ2) is 5.05. The fraction of sp³-hybridized carbons (Fsp3) is 0. The largest absolute Gasteiger partial charge is 0.382 e. The number of nitrogens with one attached hydrogen (secondary N) is 1. The number of aromatic nitrogens is 3. The topological polar surface area (TPSA) is 67.6 Å². The van der Waals surface area contributed by atoms with Gasteiger partial charge in [0.15, 0.2) is 5.82 Å². The number of halogens is 2. The van der Waals surface area contributed by atoms with Crippen molar-refractivity contribution in [3.63, 3.8) is 0 Å². The van der Waals surface area contributed by atoms with Gasteiger partial charge in [0.2, 0.25) is 0 Å². The average molecular weight is 333 g/mol. The third-order valence-electron chi connectivity index (χ3n) is 2.98. The molecule has 0 spiro atoms. The summed E-state index contributed by atoms with van der Waals surface area (Å²) in [6.45, 7) is 0. The standard InChI is InChI=1S/C14H10BrFN4/c15-10-3-1-2-9(12(10)16)13-11(14(17)20-19-13)8-4-6-18-7-5-8/h1-7H,(H3,17,19,20). The van der Waals surface area contributed by atoms with Gasteiger partial charge in [-0.25, -0.2) is 4.39 Å². The number of aromatic amines is 1. The molecule has 0 amide bonds. The van der Waals surface area contributed by atoms with Gasteiger partial charge in [0.1, 0.15) is 5.82 Å². The predicted molar refractivity (Wildman–Crippen MR) is 79.3 cm³/mol. The van der Waals surface area contributed by atoms with E-state index in [0.717, 1.165) is 5.56 Å². The molecular formula is C14H10BrFN4. The van der Waals surface area contributed by atoms with Crippen LogP contribution in [0, 0.1) is 5.82 Å². The molecular weight excluding hydrogens is 323 g/mol. The van der Waals surface area contributed by atoms with Gasteiger partial charge in [-0.3, -0.25) is 10.1 Å². The van der Waals surface area contributed by atoms with Crippen LogP contribution in [0.3, 0.4) is 0 Å². The summed E-state index contributed by atoms with van der Waals surface area (Å²) in [5.74, 6) is -0.0305. The van der Waals surface area contributed by atoms with Crippen LogP contribution in [-0.4, -0.2) is 15.2 Å². The van der Waals surface area contributed by atoms with Gasteiger partial charge >= 0.3 is 0 Å². The highest BCUT2D eigenvalue weighted by Gasteiger charge is 2.18. The Hall–Kier alpha value is -2.21. The minimum absolute atomic E-state index is 0.325. The van der Waals surface area contributed by atoms with E-state index in [0.29, 0.717) is 27.1 Å². The fourth-order valence-electron chi connectivity index (χ4n) is 2.06. The summed E-state index contributed by atoms with van der Waals surface area (Å²) in [4.78, 5) is 3.97. The lowest BCUT2D eigenvalue weighted by molar-refractivity contribution is 0.624. The van der Waals surface area contributed by atoms with Gasteiger partial charge in [-0.1, -0.05) is 6.07 Å². The van der Waals surface area contributed by atoms with Gasteiger partial charge in [-0.2, -0.15) is 5.10 Å². The number of benzene rings is 1. The van der Waals surface area contributed by atoms with Crippen molar-refractivity contribution in [1.82, 2.24) is 15.2 Å². The zero-order chi connectivity index (χ0) is 14.1. The summed E-state index contributed by atoms with van der Waals surface area (Å²) >= 11 is 3.18. The van der Waals surface area contributed by atoms with E-state index in [2.05, 4.69) is 31.1 Å². The Bertz CT molecular complexity index is 755. The van der Waals surface area contributed by atoms with E-state index in [1.54, 1.807) is 42.7 Å². The van der Waals surface area contributed by atoms with Crippen molar-refractivity contribution < 1.29 is 4.39 Å². The normalized spacial score (nSPS) is 10.7. The Labute approximate surface area is 123 Å². The predicted octanol–water partition coefficient (Wildman–Crippen LogP) is 3.62. The van der Waals surface area contributed by atoms with Crippen LogP contribution in [0.1, 0.15) is 0 Å². The summed E-state index contributed by atoms with van der Waals surface area (Å²) in [6.07, 6.45) is 3.31. The molecule has 100 valence electrons. The third-order valence-corrected chi connectivity index (χ3v) is 3.60. The van der Waals surface area contributed by atoms with Crippen LogP contribution >= 0.6 is 15.9 Å². The number of H-pyrrole nitrogens is 1. The highest BCUT2D eigenvalue weighted by molar-refractivity contribution is 9.10. The Morgan fingerprint density at radius 2 is 1.90 bits per heavy atom. The van der Waals surface area contributed by atoms with Crippen LogP contribution in [0.15, 0.2) is 47.2 Å². The number of nitrogens with two attached hydrogens (primary N) is 1. The number of rotatable bonds is 2. The van der Waals surface area contributed by atoms with Gasteiger partial charge in [0.25, 0.3) is 0 Å². The smallest absolute Gasteiger partial charge is 0.153 e. The Morgan fingerprint density at radius 3 is 2.65 bits per heavy atom. The maximum Gasteiger partial charge on any atom is 0.153 e. The lowest BCUT2D eigenvalue weighted by Gasteiger charge is -2.06. The minimum atomic E-state index is -0.355. The van der Waals surface area contributed by atoms with Crippen LogP contribution < -0.4 is 5.73 Å². The molecule has 3 N–H and O–H groups in total. The summed E-state index contributed by atoms with van der Waals surface area (Å²) in [5, 5.41) is 6.79. The molecule has 4 nitrogen and oxygen atoms in total. The lowest BCUT2D eigenvalue weighted by Crippen LogP contribution is -1.91. The molecule has 2 aromatic heterocycles. The first kappa shape index (κ1) is 12.8. The first-order valence-electron chi connectivity index (χ1n) is 5.87. The highest BCUT2D eigenvalue weighted by atomic mass is 79.9. The molecule has 6 heteroatoms. The molecule has 0 saturated heterocycles. The van der Waals surface area contributed by atoms with Crippen LogP contribution in [0.5, 0.6) is 0 Å². The van der Waals surface area contributed by atoms with Crippen LogP contribution in [0.25, 0.3) is 22.4 Å². The van der Waals surface area contributed by atoms with E-state index >= 15 is 0 Å². The van der Waals surface area contributed by atoms with E-state index in [1.807, 2.05) is 0 Å². The molecule has 0 unspecified atom stereocenters. The number of hydrogen-bond acceptors (Lipinski definition) is 3. The summed E-state index contributed by atoms with van der Waals surface area (Å²) in [5.41, 5.74) is 8.37. The molecule has 20 heavy (non-hydrogen) atoms. The van der Waals surface area contributed by atoms with Gasteiger partial charge < -0.3 is 5.73 Å². The number of anilines is 1. The maximum atomic E-state index is 14.2. The summed E-state index contributed by atoms with van der Waals surface area (Å²) < 4.78 is 14.6. The Kier molecular flexibility index (Phi) is 3.23. The van der Waals surface area contributed by atoms with E-state index in [4.69, 9.17) is 5.73 Å². The van der Waals surface area contributed by atoms with Crippen molar-refractivity contribution in [1.29, 1.82) is 0 Å². The number of nitrogen functional groups attached to an aromatic ring is 1. The molecule has 0 saturated carbocycles.